The Hall–Kier alpha value is -4.01. The van der Waals surface area contributed by atoms with Crippen LogP contribution in [0.15, 0.2) is 64.3 Å². The summed E-state index contributed by atoms with van der Waals surface area (Å²) >= 11 is 0. The van der Waals surface area contributed by atoms with E-state index in [2.05, 4.69) is 15.3 Å². The van der Waals surface area contributed by atoms with Crippen LogP contribution in [0, 0.1) is 0 Å². The van der Waals surface area contributed by atoms with Gasteiger partial charge in [0.15, 0.2) is 5.82 Å². The van der Waals surface area contributed by atoms with Crippen LogP contribution in [0.4, 0.5) is 0 Å². The molecule has 0 saturated carbocycles. The van der Waals surface area contributed by atoms with Crippen LogP contribution in [0.1, 0.15) is 60.2 Å². The second-order valence-corrected chi connectivity index (χ2v) is 9.21. The van der Waals surface area contributed by atoms with Crippen LogP contribution in [-0.2, 0) is 9.63 Å². The van der Waals surface area contributed by atoms with Crippen LogP contribution in [0.5, 0.6) is 0 Å². The third-order valence-electron chi connectivity index (χ3n) is 6.93. The minimum absolute atomic E-state index is 0.0871. The molecular formula is C27H29N5O4. The molecule has 2 saturated heterocycles. The van der Waals surface area contributed by atoms with Crippen LogP contribution < -0.4 is 0 Å². The number of rotatable bonds is 5. The average molecular weight is 488 g/mol. The summed E-state index contributed by atoms with van der Waals surface area (Å²) in [6, 6.07) is 17.2. The molecule has 3 aromatic rings. The van der Waals surface area contributed by atoms with Gasteiger partial charge in [0.1, 0.15) is 13.2 Å². The molecule has 0 aliphatic carbocycles. The van der Waals surface area contributed by atoms with E-state index < -0.39 is 6.04 Å². The third-order valence-corrected chi connectivity index (χ3v) is 6.93. The van der Waals surface area contributed by atoms with Crippen molar-refractivity contribution in [2.24, 2.45) is 5.16 Å². The molecule has 1 aromatic heterocycles. The van der Waals surface area contributed by atoms with Gasteiger partial charge >= 0.3 is 0 Å². The lowest BCUT2D eigenvalue weighted by atomic mass is 9.96. The summed E-state index contributed by atoms with van der Waals surface area (Å²) in [6.07, 6.45) is 2.04. The smallest absolute Gasteiger partial charge is 0.254 e. The van der Waals surface area contributed by atoms with Crippen molar-refractivity contribution in [1.82, 2.24) is 19.9 Å². The first-order valence-corrected chi connectivity index (χ1v) is 12.2. The van der Waals surface area contributed by atoms with Crippen LogP contribution in [0.3, 0.4) is 0 Å². The SMILES string of the molecule is CO/N=C1\CC(c2nc(C3CCN(C(C)=O)CC3)no2)N(C(=O)c2ccc(-c3ccccc3)cc2)C1. The Morgan fingerprint density at radius 2 is 1.72 bits per heavy atom. The molecule has 0 radical (unpaired) electrons. The van der Waals surface area contributed by atoms with Crippen molar-refractivity contribution in [2.45, 2.75) is 38.1 Å². The Morgan fingerprint density at radius 1 is 1.03 bits per heavy atom. The van der Waals surface area contributed by atoms with Crippen molar-refractivity contribution in [3.8, 4) is 11.1 Å². The van der Waals surface area contributed by atoms with Crippen molar-refractivity contribution in [1.29, 1.82) is 0 Å². The molecule has 5 rings (SSSR count). The minimum Gasteiger partial charge on any atom is -0.399 e. The predicted octanol–water partition coefficient (Wildman–Crippen LogP) is 4.05. The summed E-state index contributed by atoms with van der Waals surface area (Å²) in [5, 5.41) is 8.33. The number of likely N-dealkylation sites (tertiary alicyclic amines) is 2. The van der Waals surface area contributed by atoms with E-state index in [0.29, 0.717) is 43.3 Å². The standard InChI is InChI=1S/C27H29N5O4/c1-18(33)31-14-12-21(13-15-31)25-28-26(36-30-25)24-16-23(29-35-2)17-32(24)27(34)22-10-8-20(9-11-22)19-6-4-3-5-7-19/h3-11,21,24H,12-17H2,1-2H3/b29-23+. The fourth-order valence-corrected chi connectivity index (χ4v) is 4.94. The van der Waals surface area contributed by atoms with Gasteiger partial charge in [0.05, 0.1) is 12.3 Å². The van der Waals surface area contributed by atoms with Crippen LogP contribution in [0.2, 0.25) is 0 Å². The van der Waals surface area contributed by atoms with Gasteiger partial charge in [-0.2, -0.15) is 4.98 Å². The van der Waals surface area contributed by atoms with E-state index in [4.69, 9.17) is 9.36 Å². The normalized spacial score (nSPS) is 19.6. The van der Waals surface area contributed by atoms with Crippen LogP contribution >= 0.6 is 0 Å². The Balaban J connectivity index is 1.34. The van der Waals surface area contributed by atoms with Crippen molar-refractivity contribution in [3.63, 3.8) is 0 Å². The summed E-state index contributed by atoms with van der Waals surface area (Å²) in [5.41, 5.74) is 3.46. The van der Waals surface area contributed by atoms with Gasteiger partial charge in [-0.15, -0.1) is 0 Å². The van der Waals surface area contributed by atoms with Gasteiger partial charge in [0.25, 0.3) is 5.91 Å². The topological polar surface area (TPSA) is 101 Å². The van der Waals surface area contributed by atoms with Gasteiger partial charge in [0, 0.05) is 37.9 Å². The van der Waals surface area contributed by atoms with Crippen LogP contribution in [0.25, 0.3) is 11.1 Å². The van der Waals surface area contributed by atoms with E-state index in [1.165, 1.54) is 7.11 Å². The Labute approximate surface area is 209 Å². The number of amides is 2. The zero-order valence-corrected chi connectivity index (χ0v) is 20.5. The Bertz CT molecular complexity index is 1250. The second kappa shape index (κ2) is 10.3. The number of benzene rings is 2. The van der Waals surface area contributed by atoms with Gasteiger partial charge < -0.3 is 19.2 Å². The molecule has 9 heteroatoms. The first-order chi connectivity index (χ1) is 17.5. The number of aromatic nitrogens is 2. The minimum atomic E-state index is -0.418. The highest BCUT2D eigenvalue weighted by molar-refractivity contribution is 6.00. The number of piperidine rings is 1. The lowest BCUT2D eigenvalue weighted by molar-refractivity contribution is -0.129. The number of hydrogen-bond acceptors (Lipinski definition) is 7. The molecule has 2 fully saturated rings. The van der Waals surface area contributed by atoms with Gasteiger partial charge in [-0.05, 0) is 36.1 Å². The molecule has 2 aliphatic rings. The molecule has 2 aliphatic heterocycles. The van der Waals surface area contributed by atoms with Crippen molar-refractivity contribution in [3.05, 3.63) is 71.9 Å². The van der Waals surface area contributed by atoms with E-state index in [0.717, 1.165) is 29.7 Å². The van der Waals surface area contributed by atoms with Gasteiger partial charge in [-0.1, -0.05) is 52.8 Å². The molecule has 0 spiro atoms. The molecule has 36 heavy (non-hydrogen) atoms. The summed E-state index contributed by atoms with van der Waals surface area (Å²) in [5.74, 6) is 1.11. The summed E-state index contributed by atoms with van der Waals surface area (Å²) in [4.78, 5) is 38.4. The van der Waals surface area contributed by atoms with Crippen LogP contribution in [-0.4, -0.2) is 64.2 Å². The monoisotopic (exact) mass is 487 g/mol. The molecular weight excluding hydrogens is 458 g/mol. The number of nitrogens with zero attached hydrogens (tertiary/aromatic N) is 5. The van der Waals surface area contributed by atoms with E-state index in [-0.39, 0.29) is 17.7 Å². The molecule has 1 atom stereocenters. The summed E-state index contributed by atoms with van der Waals surface area (Å²) < 4.78 is 5.66. The van der Waals surface area contributed by atoms with Crippen molar-refractivity contribution in [2.75, 3.05) is 26.7 Å². The maximum absolute atomic E-state index is 13.5. The number of carbonyl (C=O) groups is 2. The fourth-order valence-electron chi connectivity index (χ4n) is 4.94. The molecule has 1 unspecified atom stereocenters. The van der Waals surface area contributed by atoms with E-state index in [9.17, 15) is 9.59 Å². The van der Waals surface area contributed by atoms with E-state index >= 15 is 0 Å². The zero-order valence-electron chi connectivity index (χ0n) is 20.5. The molecule has 2 amide bonds. The highest BCUT2D eigenvalue weighted by Crippen LogP contribution is 2.34. The maximum Gasteiger partial charge on any atom is 0.254 e. The largest absolute Gasteiger partial charge is 0.399 e. The number of carbonyl (C=O) groups excluding carboxylic acids is 2. The van der Waals surface area contributed by atoms with E-state index in [1.54, 1.807) is 11.8 Å². The quantitative estimate of drug-likeness (QED) is 0.503. The fraction of sp³-hybridized carbons (Fsp3) is 0.370. The molecule has 9 nitrogen and oxygen atoms in total. The lowest BCUT2D eigenvalue weighted by Crippen LogP contribution is -2.36. The van der Waals surface area contributed by atoms with Gasteiger partial charge in [-0.25, -0.2) is 0 Å². The lowest BCUT2D eigenvalue weighted by Gasteiger charge is -2.29. The highest BCUT2D eigenvalue weighted by Gasteiger charge is 2.39. The Kier molecular flexibility index (Phi) is 6.79. The summed E-state index contributed by atoms with van der Waals surface area (Å²) in [7, 11) is 1.49. The first-order valence-electron chi connectivity index (χ1n) is 12.2. The average Bonchev–Trinajstić information content (AvgIpc) is 3.57. The van der Waals surface area contributed by atoms with E-state index in [1.807, 2.05) is 59.5 Å². The number of hydrogen-bond donors (Lipinski definition) is 0. The second-order valence-electron chi connectivity index (χ2n) is 9.21. The number of oxime groups is 1. The molecule has 0 N–H and O–H groups in total. The van der Waals surface area contributed by atoms with Gasteiger partial charge in [-0.3, -0.25) is 9.59 Å². The van der Waals surface area contributed by atoms with Crippen molar-refractivity contribution >= 4 is 17.5 Å². The third kappa shape index (κ3) is 4.86. The van der Waals surface area contributed by atoms with Crippen molar-refractivity contribution < 1.29 is 18.9 Å². The first kappa shape index (κ1) is 23.7. The summed E-state index contributed by atoms with van der Waals surface area (Å²) in [6.45, 7) is 3.28. The Morgan fingerprint density at radius 3 is 2.39 bits per heavy atom. The molecule has 2 aromatic carbocycles. The molecule has 3 heterocycles. The maximum atomic E-state index is 13.5. The molecule has 0 bridgehead atoms. The predicted molar refractivity (Wildman–Crippen MR) is 133 cm³/mol. The van der Waals surface area contributed by atoms with Gasteiger partial charge in [0.2, 0.25) is 11.8 Å². The highest BCUT2D eigenvalue weighted by atomic mass is 16.6. The molecule has 186 valence electrons. The zero-order chi connectivity index (χ0) is 25.1.